The Morgan fingerprint density at radius 1 is 1.27 bits per heavy atom. The van der Waals surface area contributed by atoms with Crippen LogP contribution >= 0.6 is 11.6 Å². The highest BCUT2D eigenvalue weighted by molar-refractivity contribution is 6.32. The minimum atomic E-state index is -0.605. The third-order valence-electron chi connectivity index (χ3n) is 4.84. The van der Waals surface area contributed by atoms with E-state index in [9.17, 15) is 9.50 Å². The molecule has 0 bridgehead atoms. The van der Waals surface area contributed by atoms with Gasteiger partial charge in [-0.1, -0.05) is 11.6 Å². The lowest BCUT2D eigenvalue weighted by Crippen LogP contribution is -2.23. The second kappa shape index (κ2) is 7.36. The van der Waals surface area contributed by atoms with Crippen LogP contribution in [0.3, 0.4) is 0 Å². The Balaban J connectivity index is 1.40. The summed E-state index contributed by atoms with van der Waals surface area (Å²) >= 11 is 6.14. The Hall–Kier alpha value is -1.93. The first-order chi connectivity index (χ1) is 12.6. The molecular formula is C17H21ClFN5O2. The van der Waals surface area contributed by atoms with E-state index in [2.05, 4.69) is 20.4 Å². The number of aliphatic hydroxyl groups is 1. The van der Waals surface area contributed by atoms with Crippen LogP contribution in [0, 0.1) is 11.7 Å². The maximum atomic E-state index is 14.0. The van der Waals surface area contributed by atoms with Crippen LogP contribution in [0.4, 0.5) is 16.0 Å². The summed E-state index contributed by atoms with van der Waals surface area (Å²) in [4.78, 5) is 8.06. The molecule has 0 unspecified atom stereocenters. The third-order valence-corrected chi connectivity index (χ3v) is 5.12. The fraction of sp³-hybridized carbons (Fsp3) is 0.588. The Bertz CT molecular complexity index is 775. The Morgan fingerprint density at radius 2 is 2.04 bits per heavy atom. The van der Waals surface area contributed by atoms with Crippen LogP contribution in [0.2, 0.25) is 5.15 Å². The zero-order chi connectivity index (χ0) is 18.1. The molecule has 2 aliphatic rings. The van der Waals surface area contributed by atoms with Gasteiger partial charge in [0.1, 0.15) is 0 Å². The van der Waals surface area contributed by atoms with Crippen molar-refractivity contribution in [2.45, 2.75) is 50.7 Å². The number of hydrogen-bond acceptors (Lipinski definition) is 6. The second-order valence-electron chi connectivity index (χ2n) is 7.00. The normalized spacial score (nSPS) is 23.0. The molecule has 2 aromatic heterocycles. The van der Waals surface area contributed by atoms with Gasteiger partial charge in [-0.3, -0.25) is 4.68 Å². The topological polar surface area (TPSA) is 85.1 Å². The number of rotatable bonds is 6. The molecule has 2 fully saturated rings. The molecule has 4 rings (SSSR count). The van der Waals surface area contributed by atoms with E-state index in [-0.39, 0.29) is 17.9 Å². The number of nitrogens with one attached hydrogen (secondary N) is 1. The number of ether oxygens (including phenoxy) is 1. The summed E-state index contributed by atoms with van der Waals surface area (Å²) in [5, 5.41) is 17.1. The van der Waals surface area contributed by atoms with Gasteiger partial charge in [0.25, 0.3) is 5.88 Å². The molecule has 9 heteroatoms. The fourth-order valence-electron chi connectivity index (χ4n) is 3.12. The van der Waals surface area contributed by atoms with Crippen LogP contribution < -0.4 is 10.1 Å². The van der Waals surface area contributed by atoms with Gasteiger partial charge in [-0.15, -0.1) is 0 Å². The molecule has 0 aliphatic heterocycles. The summed E-state index contributed by atoms with van der Waals surface area (Å²) in [6, 6.07) is 0.407. The zero-order valence-electron chi connectivity index (χ0n) is 14.2. The average Bonchev–Trinajstić information content (AvgIpc) is 3.41. The van der Waals surface area contributed by atoms with E-state index in [1.807, 2.05) is 4.68 Å². The first-order valence-electron chi connectivity index (χ1n) is 8.93. The Labute approximate surface area is 155 Å². The summed E-state index contributed by atoms with van der Waals surface area (Å²) in [7, 11) is 0. The molecule has 2 aliphatic carbocycles. The second-order valence-corrected chi connectivity index (χ2v) is 7.36. The molecule has 2 heterocycles. The predicted octanol–water partition coefficient (Wildman–Crippen LogP) is 3.47. The van der Waals surface area contributed by atoms with Crippen molar-refractivity contribution < 1.29 is 14.2 Å². The van der Waals surface area contributed by atoms with Gasteiger partial charge in [-0.25, -0.2) is 4.98 Å². The molecule has 0 saturated heterocycles. The van der Waals surface area contributed by atoms with Crippen molar-refractivity contribution in [2.75, 3.05) is 11.9 Å². The van der Waals surface area contributed by atoms with E-state index in [4.69, 9.17) is 16.3 Å². The molecule has 7 nitrogen and oxygen atoms in total. The van der Waals surface area contributed by atoms with Crippen molar-refractivity contribution in [1.29, 1.82) is 0 Å². The molecule has 2 N–H and O–H groups in total. The van der Waals surface area contributed by atoms with Crippen molar-refractivity contribution in [1.82, 2.24) is 19.7 Å². The largest absolute Gasteiger partial charge is 0.475 e. The highest BCUT2D eigenvalue weighted by atomic mass is 35.5. The van der Waals surface area contributed by atoms with Gasteiger partial charge in [-0.05, 0) is 44.4 Å². The highest BCUT2D eigenvalue weighted by Gasteiger charge is 2.26. The fourth-order valence-corrected chi connectivity index (χ4v) is 3.30. The zero-order valence-corrected chi connectivity index (χ0v) is 15.0. The molecule has 2 saturated carbocycles. The van der Waals surface area contributed by atoms with Gasteiger partial charge < -0.3 is 15.2 Å². The van der Waals surface area contributed by atoms with E-state index in [0.29, 0.717) is 29.4 Å². The van der Waals surface area contributed by atoms with Crippen LogP contribution in [0.1, 0.15) is 44.6 Å². The van der Waals surface area contributed by atoms with E-state index in [1.54, 1.807) is 6.20 Å². The molecule has 0 spiro atoms. The SMILES string of the molecule is OC1CCC(COc2nc(Nc3cn(C4CC4)nc3Cl)ncc2F)CC1. The van der Waals surface area contributed by atoms with Crippen molar-refractivity contribution >= 4 is 23.2 Å². The summed E-state index contributed by atoms with van der Waals surface area (Å²) in [6.45, 7) is 0.375. The molecule has 0 atom stereocenters. The van der Waals surface area contributed by atoms with Crippen molar-refractivity contribution in [3.8, 4) is 5.88 Å². The minimum Gasteiger partial charge on any atom is -0.475 e. The number of aromatic nitrogens is 4. The molecule has 0 amide bonds. The number of aliphatic hydroxyl groups excluding tert-OH is 1. The van der Waals surface area contributed by atoms with E-state index < -0.39 is 5.82 Å². The van der Waals surface area contributed by atoms with Crippen LogP contribution in [0.15, 0.2) is 12.4 Å². The summed E-state index contributed by atoms with van der Waals surface area (Å²) in [5.41, 5.74) is 0.581. The van der Waals surface area contributed by atoms with Gasteiger partial charge in [0.05, 0.1) is 36.8 Å². The quantitative estimate of drug-likeness (QED) is 0.796. The predicted molar refractivity (Wildman–Crippen MR) is 94.2 cm³/mol. The Morgan fingerprint density at radius 3 is 2.77 bits per heavy atom. The van der Waals surface area contributed by atoms with Gasteiger partial charge in [-0.2, -0.15) is 14.5 Å². The highest BCUT2D eigenvalue weighted by Crippen LogP contribution is 2.36. The molecule has 0 radical (unpaired) electrons. The first kappa shape index (κ1) is 17.5. The van der Waals surface area contributed by atoms with Crippen LogP contribution in [0.5, 0.6) is 5.88 Å². The van der Waals surface area contributed by atoms with E-state index in [0.717, 1.165) is 44.7 Å². The lowest BCUT2D eigenvalue weighted by molar-refractivity contribution is 0.0899. The lowest BCUT2D eigenvalue weighted by Gasteiger charge is -2.25. The van der Waals surface area contributed by atoms with Crippen LogP contribution in [-0.4, -0.2) is 37.6 Å². The van der Waals surface area contributed by atoms with Gasteiger partial charge in [0.2, 0.25) is 11.8 Å². The number of nitrogens with zero attached hydrogens (tertiary/aromatic N) is 4. The number of halogens is 2. The van der Waals surface area contributed by atoms with Gasteiger partial charge in [0.15, 0.2) is 5.15 Å². The van der Waals surface area contributed by atoms with Gasteiger partial charge >= 0.3 is 0 Å². The smallest absolute Gasteiger partial charge is 0.255 e. The average molecular weight is 382 g/mol. The minimum absolute atomic E-state index is 0.0840. The lowest BCUT2D eigenvalue weighted by atomic mass is 9.88. The Kier molecular flexibility index (Phi) is 4.95. The standard InChI is InChI=1S/C17H21ClFN5O2/c18-15-14(8-24(23-15)11-3-4-11)21-17-20-7-13(19)16(22-17)26-9-10-1-5-12(25)6-2-10/h7-8,10-12,25H,1-6,9H2,(H,20,21,22). The number of hydrogen-bond donors (Lipinski definition) is 2. The summed E-state index contributed by atoms with van der Waals surface area (Å²) in [5.74, 6) is -0.182. The molecule has 26 heavy (non-hydrogen) atoms. The molecular weight excluding hydrogens is 361 g/mol. The van der Waals surface area contributed by atoms with Crippen molar-refractivity contribution in [3.63, 3.8) is 0 Å². The third kappa shape index (κ3) is 4.07. The van der Waals surface area contributed by atoms with Crippen molar-refractivity contribution in [3.05, 3.63) is 23.4 Å². The maximum absolute atomic E-state index is 14.0. The molecule has 140 valence electrons. The van der Waals surface area contributed by atoms with E-state index >= 15 is 0 Å². The molecule has 2 aromatic rings. The monoisotopic (exact) mass is 381 g/mol. The summed E-state index contributed by atoms with van der Waals surface area (Å²) < 4.78 is 21.4. The molecule has 0 aromatic carbocycles. The van der Waals surface area contributed by atoms with E-state index in [1.165, 1.54) is 0 Å². The van der Waals surface area contributed by atoms with Crippen LogP contribution in [0.25, 0.3) is 0 Å². The van der Waals surface area contributed by atoms with Crippen molar-refractivity contribution in [2.24, 2.45) is 5.92 Å². The van der Waals surface area contributed by atoms with Gasteiger partial charge in [0, 0.05) is 0 Å². The summed E-state index contributed by atoms with van der Waals surface area (Å²) in [6.07, 6.45) is 8.12. The first-order valence-corrected chi connectivity index (χ1v) is 9.31. The maximum Gasteiger partial charge on any atom is 0.255 e. The number of anilines is 2. The van der Waals surface area contributed by atoms with Crippen LogP contribution in [-0.2, 0) is 0 Å².